The van der Waals surface area contributed by atoms with Gasteiger partial charge in [0.1, 0.15) is 6.61 Å². The summed E-state index contributed by atoms with van der Waals surface area (Å²) in [5.41, 5.74) is -0.165. The topological polar surface area (TPSA) is 82.1 Å². The Morgan fingerprint density at radius 1 is 1.16 bits per heavy atom. The SMILES string of the molecule is C=C(C)C(=O)OCCCOC(=O)OCC(C)(C)CO. The first-order chi connectivity index (χ1) is 8.78. The van der Waals surface area contributed by atoms with E-state index in [0.717, 1.165) is 0 Å². The summed E-state index contributed by atoms with van der Waals surface area (Å²) >= 11 is 0. The summed E-state index contributed by atoms with van der Waals surface area (Å²) in [7, 11) is 0. The summed E-state index contributed by atoms with van der Waals surface area (Å²) < 4.78 is 14.4. The Kier molecular flexibility index (Phi) is 7.83. The third-order valence-electron chi connectivity index (χ3n) is 2.10. The van der Waals surface area contributed by atoms with Gasteiger partial charge in [-0.15, -0.1) is 0 Å². The Hall–Kier alpha value is -1.56. The van der Waals surface area contributed by atoms with Crippen molar-refractivity contribution < 1.29 is 28.9 Å². The Labute approximate surface area is 113 Å². The molecule has 0 heterocycles. The second-order valence-electron chi connectivity index (χ2n) is 4.98. The van der Waals surface area contributed by atoms with Gasteiger partial charge in [0, 0.05) is 17.4 Å². The monoisotopic (exact) mass is 274 g/mol. The van der Waals surface area contributed by atoms with E-state index < -0.39 is 17.5 Å². The Balaban J connectivity index is 3.60. The number of aliphatic hydroxyl groups excluding tert-OH is 1. The van der Waals surface area contributed by atoms with Gasteiger partial charge in [-0.3, -0.25) is 0 Å². The van der Waals surface area contributed by atoms with Crippen LogP contribution >= 0.6 is 0 Å². The molecule has 0 saturated heterocycles. The smallest absolute Gasteiger partial charge is 0.462 e. The molecule has 0 rings (SSSR count). The summed E-state index contributed by atoms with van der Waals surface area (Å²) in [6, 6.07) is 0. The van der Waals surface area contributed by atoms with E-state index in [1.54, 1.807) is 20.8 Å². The highest BCUT2D eigenvalue weighted by Gasteiger charge is 2.19. The molecular formula is C13H22O6. The van der Waals surface area contributed by atoms with Crippen LogP contribution in [0.15, 0.2) is 12.2 Å². The van der Waals surface area contributed by atoms with E-state index in [0.29, 0.717) is 12.0 Å². The Bertz CT molecular complexity index is 321. The largest absolute Gasteiger partial charge is 0.508 e. The van der Waals surface area contributed by atoms with Crippen molar-refractivity contribution in [3.8, 4) is 0 Å². The Morgan fingerprint density at radius 2 is 1.74 bits per heavy atom. The fraction of sp³-hybridized carbons (Fsp3) is 0.692. The minimum absolute atomic E-state index is 0.0764. The van der Waals surface area contributed by atoms with Gasteiger partial charge in [-0.1, -0.05) is 20.4 Å². The predicted octanol–water partition coefficient (Wildman–Crippen LogP) is 1.67. The van der Waals surface area contributed by atoms with Crippen LogP contribution in [0.4, 0.5) is 4.79 Å². The minimum Gasteiger partial charge on any atom is -0.462 e. The van der Waals surface area contributed by atoms with Gasteiger partial charge in [0.25, 0.3) is 0 Å². The van der Waals surface area contributed by atoms with Crippen molar-refractivity contribution in [1.29, 1.82) is 0 Å². The molecule has 0 fully saturated rings. The average Bonchev–Trinajstić information content (AvgIpc) is 2.35. The maximum Gasteiger partial charge on any atom is 0.508 e. The van der Waals surface area contributed by atoms with Crippen LogP contribution in [0.3, 0.4) is 0 Å². The normalized spacial score (nSPS) is 10.7. The summed E-state index contributed by atoms with van der Waals surface area (Å²) in [5, 5.41) is 8.96. The van der Waals surface area contributed by atoms with Crippen LogP contribution in [0.2, 0.25) is 0 Å². The predicted molar refractivity (Wildman–Crippen MR) is 68.6 cm³/mol. The molecule has 0 spiro atoms. The standard InChI is InChI=1S/C13H22O6/c1-10(2)11(15)17-6-5-7-18-12(16)19-9-13(3,4)8-14/h14H,1,5-9H2,2-4H3. The van der Waals surface area contributed by atoms with Crippen LogP contribution in [-0.4, -0.2) is 43.7 Å². The van der Waals surface area contributed by atoms with Gasteiger partial charge in [-0.05, 0) is 6.92 Å². The van der Waals surface area contributed by atoms with Gasteiger partial charge in [0.05, 0.1) is 19.8 Å². The molecule has 19 heavy (non-hydrogen) atoms. The zero-order chi connectivity index (χ0) is 14.9. The highest BCUT2D eigenvalue weighted by Crippen LogP contribution is 2.13. The third-order valence-corrected chi connectivity index (χ3v) is 2.10. The van der Waals surface area contributed by atoms with Crippen molar-refractivity contribution in [1.82, 2.24) is 0 Å². The van der Waals surface area contributed by atoms with Crippen LogP contribution in [-0.2, 0) is 19.0 Å². The first-order valence-electron chi connectivity index (χ1n) is 6.01. The van der Waals surface area contributed by atoms with Gasteiger partial charge in [0.2, 0.25) is 0 Å². The van der Waals surface area contributed by atoms with E-state index in [9.17, 15) is 9.59 Å². The van der Waals surface area contributed by atoms with E-state index >= 15 is 0 Å². The fourth-order valence-electron chi connectivity index (χ4n) is 0.844. The molecule has 0 amide bonds. The molecule has 0 aliphatic carbocycles. The zero-order valence-electron chi connectivity index (χ0n) is 11.7. The molecule has 6 nitrogen and oxygen atoms in total. The molecule has 6 heteroatoms. The molecule has 0 saturated carbocycles. The molecule has 110 valence electrons. The maximum atomic E-state index is 11.2. The number of hydrogen-bond acceptors (Lipinski definition) is 6. The molecule has 1 N–H and O–H groups in total. The van der Waals surface area contributed by atoms with E-state index in [4.69, 9.17) is 19.3 Å². The van der Waals surface area contributed by atoms with Gasteiger partial charge in [0.15, 0.2) is 0 Å². The Morgan fingerprint density at radius 3 is 2.26 bits per heavy atom. The molecule has 0 atom stereocenters. The molecule has 0 unspecified atom stereocenters. The van der Waals surface area contributed by atoms with Crippen LogP contribution in [0.1, 0.15) is 27.2 Å². The van der Waals surface area contributed by atoms with Crippen molar-refractivity contribution in [2.75, 3.05) is 26.4 Å². The fourth-order valence-corrected chi connectivity index (χ4v) is 0.844. The van der Waals surface area contributed by atoms with Crippen molar-refractivity contribution in [2.45, 2.75) is 27.2 Å². The number of esters is 1. The molecule has 0 aromatic heterocycles. The van der Waals surface area contributed by atoms with E-state index in [-0.39, 0.29) is 26.4 Å². The van der Waals surface area contributed by atoms with E-state index in [1.807, 2.05) is 0 Å². The van der Waals surface area contributed by atoms with Crippen LogP contribution in [0.25, 0.3) is 0 Å². The number of rotatable bonds is 8. The first-order valence-corrected chi connectivity index (χ1v) is 6.01. The molecular weight excluding hydrogens is 252 g/mol. The molecule has 0 bridgehead atoms. The lowest BCUT2D eigenvalue weighted by Crippen LogP contribution is -2.26. The number of carbonyl (C=O) groups is 2. The van der Waals surface area contributed by atoms with E-state index in [2.05, 4.69) is 6.58 Å². The van der Waals surface area contributed by atoms with Crippen molar-refractivity contribution in [3.63, 3.8) is 0 Å². The highest BCUT2D eigenvalue weighted by atomic mass is 16.7. The number of hydrogen-bond donors (Lipinski definition) is 1. The van der Waals surface area contributed by atoms with Gasteiger partial charge in [-0.25, -0.2) is 9.59 Å². The summed E-state index contributed by atoms with van der Waals surface area (Å²) in [4.78, 5) is 22.2. The van der Waals surface area contributed by atoms with Gasteiger partial charge < -0.3 is 19.3 Å². The second kappa shape index (κ2) is 8.53. The lowest BCUT2D eigenvalue weighted by atomic mass is 9.97. The van der Waals surface area contributed by atoms with Crippen LogP contribution in [0, 0.1) is 5.41 Å². The number of aliphatic hydroxyl groups is 1. The van der Waals surface area contributed by atoms with Gasteiger partial charge in [-0.2, -0.15) is 0 Å². The van der Waals surface area contributed by atoms with Crippen LogP contribution < -0.4 is 0 Å². The van der Waals surface area contributed by atoms with Crippen molar-refractivity contribution in [3.05, 3.63) is 12.2 Å². The summed E-state index contributed by atoms with van der Waals surface area (Å²) in [6.07, 6.45) is -0.412. The summed E-state index contributed by atoms with van der Waals surface area (Å²) in [5.74, 6) is -0.465. The molecule has 0 aromatic rings. The zero-order valence-corrected chi connectivity index (χ0v) is 11.7. The maximum absolute atomic E-state index is 11.2. The minimum atomic E-state index is -0.798. The first kappa shape index (κ1) is 17.4. The highest BCUT2D eigenvalue weighted by molar-refractivity contribution is 5.86. The lowest BCUT2D eigenvalue weighted by molar-refractivity contribution is -0.139. The van der Waals surface area contributed by atoms with Crippen molar-refractivity contribution >= 4 is 12.1 Å². The molecule has 0 aromatic carbocycles. The van der Waals surface area contributed by atoms with Crippen molar-refractivity contribution in [2.24, 2.45) is 5.41 Å². The third kappa shape index (κ3) is 9.07. The van der Waals surface area contributed by atoms with E-state index in [1.165, 1.54) is 0 Å². The second-order valence-corrected chi connectivity index (χ2v) is 4.98. The number of carbonyl (C=O) groups excluding carboxylic acids is 2. The molecule has 0 aliphatic heterocycles. The van der Waals surface area contributed by atoms with Crippen LogP contribution in [0.5, 0.6) is 0 Å². The quantitative estimate of drug-likeness (QED) is 0.412. The number of ether oxygens (including phenoxy) is 3. The summed E-state index contributed by atoms with van der Waals surface area (Å²) in [6.45, 7) is 8.76. The lowest BCUT2D eigenvalue weighted by Gasteiger charge is -2.20. The molecule has 0 aliphatic rings. The van der Waals surface area contributed by atoms with Gasteiger partial charge >= 0.3 is 12.1 Å². The molecule has 0 radical (unpaired) electrons. The average molecular weight is 274 g/mol.